The van der Waals surface area contributed by atoms with Gasteiger partial charge in [-0.2, -0.15) is 0 Å². The number of hydrogen-bond donors (Lipinski definition) is 1. The van der Waals surface area contributed by atoms with Crippen LogP contribution in [0.5, 0.6) is 0 Å². The van der Waals surface area contributed by atoms with E-state index in [2.05, 4.69) is 15.3 Å². The van der Waals surface area contributed by atoms with Gasteiger partial charge in [-0.3, -0.25) is 9.78 Å². The molecule has 1 amide bonds. The molecule has 0 spiro atoms. The van der Waals surface area contributed by atoms with Crippen molar-refractivity contribution < 1.29 is 18.0 Å². The van der Waals surface area contributed by atoms with Crippen LogP contribution in [-0.2, 0) is 6.42 Å². The van der Waals surface area contributed by atoms with Gasteiger partial charge in [-0.1, -0.05) is 19.1 Å². The molecular formula is C18H15F2N3O2. The van der Waals surface area contributed by atoms with Gasteiger partial charge in [-0.25, -0.2) is 13.8 Å². The molecule has 0 aliphatic carbocycles. The lowest BCUT2D eigenvalue weighted by molar-refractivity contribution is 0.101. The Morgan fingerprint density at radius 1 is 1.16 bits per heavy atom. The van der Waals surface area contributed by atoms with Crippen molar-refractivity contribution in [1.29, 1.82) is 0 Å². The van der Waals surface area contributed by atoms with Gasteiger partial charge in [0.2, 0.25) is 0 Å². The molecule has 1 N–H and O–H groups in total. The molecule has 25 heavy (non-hydrogen) atoms. The van der Waals surface area contributed by atoms with E-state index in [0.29, 0.717) is 23.8 Å². The van der Waals surface area contributed by atoms with Crippen molar-refractivity contribution >= 4 is 11.6 Å². The van der Waals surface area contributed by atoms with Crippen LogP contribution in [0, 0.1) is 18.6 Å². The Kier molecular flexibility index (Phi) is 4.56. The van der Waals surface area contributed by atoms with Crippen molar-refractivity contribution in [1.82, 2.24) is 9.97 Å². The van der Waals surface area contributed by atoms with E-state index in [-0.39, 0.29) is 0 Å². The summed E-state index contributed by atoms with van der Waals surface area (Å²) in [5.74, 6) is -1.56. The molecule has 2 heterocycles. The van der Waals surface area contributed by atoms with Crippen LogP contribution in [-0.4, -0.2) is 15.9 Å². The highest BCUT2D eigenvalue weighted by atomic mass is 19.1. The maximum atomic E-state index is 13.6. The van der Waals surface area contributed by atoms with E-state index in [9.17, 15) is 13.6 Å². The maximum Gasteiger partial charge on any atom is 0.261 e. The van der Waals surface area contributed by atoms with Gasteiger partial charge in [0.05, 0.1) is 12.4 Å². The number of benzene rings is 1. The maximum absolute atomic E-state index is 13.6. The number of aryl methyl sites for hydroxylation is 2. The summed E-state index contributed by atoms with van der Waals surface area (Å²) in [6, 6.07) is 6.76. The number of halogens is 2. The Hall–Kier alpha value is -3.09. The highest BCUT2D eigenvalue weighted by Crippen LogP contribution is 2.25. The molecule has 128 valence electrons. The van der Waals surface area contributed by atoms with E-state index < -0.39 is 23.1 Å². The number of oxazole rings is 1. The molecule has 0 radical (unpaired) electrons. The number of nitrogens with zero attached hydrogens (tertiary/aromatic N) is 2. The van der Waals surface area contributed by atoms with Gasteiger partial charge in [0.15, 0.2) is 17.5 Å². The van der Waals surface area contributed by atoms with Crippen LogP contribution in [0.2, 0.25) is 0 Å². The van der Waals surface area contributed by atoms with Crippen LogP contribution in [0.3, 0.4) is 0 Å². The van der Waals surface area contributed by atoms with Gasteiger partial charge < -0.3 is 9.73 Å². The number of carbonyl (C=O) groups excluding carboxylic acids is 1. The predicted molar refractivity (Wildman–Crippen MR) is 88.2 cm³/mol. The second kappa shape index (κ2) is 6.80. The van der Waals surface area contributed by atoms with Gasteiger partial charge >= 0.3 is 0 Å². The van der Waals surface area contributed by atoms with Crippen LogP contribution in [0.15, 0.2) is 41.1 Å². The third-order valence-electron chi connectivity index (χ3n) is 3.64. The van der Waals surface area contributed by atoms with Crippen molar-refractivity contribution in [2.75, 3.05) is 5.32 Å². The van der Waals surface area contributed by atoms with Crippen LogP contribution < -0.4 is 5.32 Å². The number of aromatic nitrogens is 2. The highest BCUT2D eigenvalue weighted by molar-refractivity contribution is 6.04. The summed E-state index contributed by atoms with van der Waals surface area (Å²) in [6.45, 7) is 3.78. The fourth-order valence-electron chi connectivity index (χ4n) is 2.40. The standard InChI is InChI=1S/C18H15F2N3O2/c1-3-15-23-17(10(2)25-15)11-4-6-12(7-5-11)22-18(24)16-13(19)8-21-9-14(16)20/h4-9H,3H2,1-2H3,(H,22,24). The number of nitrogens with one attached hydrogen (secondary N) is 1. The molecule has 0 atom stereocenters. The topological polar surface area (TPSA) is 68.0 Å². The van der Waals surface area contributed by atoms with Gasteiger partial charge in [-0.15, -0.1) is 0 Å². The normalized spacial score (nSPS) is 10.7. The number of carbonyl (C=O) groups is 1. The van der Waals surface area contributed by atoms with Gasteiger partial charge in [0.25, 0.3) is 5.91 Å². The van der Waals surface area contributed by atoms with Crippen molar-refractivity contribution in [3.05, 3.63) is 65.5 Å². The predicted octanol–water partition coefficient (Wildman–Crippen LogP) is 4.14. The zero-order chi connectivity index (χ0) is 18.0. The number of anilines is 1. The molecule has 2 aromatic heterocycles. The Morgan fingerprint density at radius 2 is 1.80 bits per heavy atom. The van der Waals surface area contributed by atoms with Crippen LogP contribution in [0.4, 0.5) is 14.5 Å². The molecule has 0 saturated carbocycles. The lowest BCUT2D eigenvalue weighted by atomic mass is 10.1. The van der Waals surface area contributed by atoms with E-state index in [4.69, 9.17) is 4.42 Å². The minimum Gasteiger partial charge on any atom is -0.445 e. The lowest BCUT2D eigenvalue weighted by Crippen LogP contribution is -2.16. The number of hydrogen-bond acceptors (Lipinski definition) is 4. The Balaban J connectivity index is 1.81. The average Bonchev–Trinajstić information content (AvgIpc) is 2.96. The molecule has 3 aromatic rings. The molecule has 7 heteroatoms. The molecule has 0 bridgehead atoms. The lowest BCUT2D eigenvalue weighted by Gasteiger charge is -2.07. The minimum absolute atomic E-state index is 0.404. The monoisotopic (exact) mass is 343 g/mol. The van der Waals surface area contributed by atoms with Gasteiger partial charge in [0.1, 0.15) is 17.0 Å². The molecule has 0 aliphatic rings. The van der Waals surface area contributed by atoms with Crippen LogP contribution in [0.1, 0.15) is 28.9 Å². The number of rotatable bonds is 4. The summed E-state index contributed by atoms with van der Waals surface area (Å²) in [4.78, 5) is 19.8. The molecule has 5 nitrogen and oxygen atoms in total. The first-order valence-electron chi connectivity index (χ1n) is 7.66. The van der Waals surface area contributed by atoms with Gasteiger partial charge in [-0.05, 0) is 19.1 Å². The van der Waals surface area contributed by atoms with Crippen LogP contribution >= 0.6 is 0 Å². The molecule has 1 aromatic carbocycles. The Labute approximate surface area is 142 Å². The average molecular weight is 343 g/mol. The number of pyridine rings is 1. The molecule has 0 unspecified atom stereocenters. The highest BCUT2D eigenvalue weighted by Gasteiger charge is 2.18. The molecule has 0 fully saturated rings. The summed E-state index contributed by atoms with van der Waals surface area (Å²) in [7, 11) is 0. The zero-order valence-electron chi connectivity index (χ0n) is 13.6. The quantitative estimate of drug-likeness (QED) is 0.773. The fourth-order valence-corrected chi connectivity index (χ4v) is 2.40. The first-order chi connectivity index (χ1) is 12.0. The Bertz CT molecular complexity index is 900. The van der Waals surface area contributed by atoms with E-state index in [1.807, 2.05) is 13.8 Å². The zero-order valence-corrected chi connectivity index (χ0v) is 13.6. The molecule has 3 rings (SSSR count). The molecule has 0 aliphatic heterocycles. The van der Waals surface area contributed by atoms with Crippen molar-refractivity contribution in [3.63, 3.8) is 0 Å². The van der Waals surface area contributed by atoms with Crippen molar-refractivity contribution in [2.24, 2.45) is 0 Å². The van der Waals surface area contributed by atoms with E-state index in [1.165, 1.54) is 0 Å². The first-order valence-corrected chi connectivity index (χ1v) is 7.66. The largest absolute Gasteiger partial charge is 0.445 e. The van der Waals surface area contributed by atoms with Gasteiger partial charge in [0, 0.05) is 17.7 Å². The Morgan fingerprint density at radius 3 is 2.36 bits per heavy atom. The van der Waals surface area contributed by atoms with Crippen LogP contribution in [0.25, 0.3) is 11.3 Å². The third kappa shape index (κ3) is 3.40. The van der Waals surface area contributed by atoms with E-state index in [1.54, 1.807) is 24.3 Å². The second-order valence-corrected chi connectivity index (χ2v) is 5.38. The number of amides is 1. The summed E-state index contributed by atoms with van der Waals surface area (Å²) < 4.78 is 32.7. The SMILES string of the molecule is CCc1nc(-c2ccc(NC(=O)c3c(F)cncc3F)cc2)c(C)o1. The first kappa shape index (κ1) is 16.8. The molecular weight excluding hydrogens is 328 g/mol. The minimum atomic E-state index is -1.01. The second-order valence-electron chi connectivity index (χ2n) is 5.38. The summed E-state index contributed by atoms with van der Waals surface area (Å²) in [6.07, 6.45) is 2.28. The molecule has 0 saturated heterocycles. The summed E-state index contributed by atoms with van der Waals surface area (Å²) in [5, 5.41) is 2.46. The summed E-state index contributed by atoms with van der Waals surface area (Å²) in [5.41, 5.74) is 1.28. The van der Waals surface area contributed by atoms with Crippen molar-refractivity contribution in [3.8, 4) is 11.3 Å². The van der Waals surface area contributed by atoms with Crippen molar-refractivity contribution in [2.45, 2.75) is 20.3 Å². The fraction of sp³-hybridized carbons (Fsp3) is 0.167. The van der Waals surface area contributed by atoms with E-state index >= 15 is 0 Å². The third-order valence-corrected chi connectivity index (χ3v) is 3.64. The summed E-state index contributed by atoms with van der Waals surface area (Å²) >= 11 is 0. The smallest absolute Gasteiger partial charge is 0.261 e. The van der Waals surface area contributed by atoms with E-state index in [0.717, 1.165) is 23.7 Å².